The van der Waals surface area contributed by atoms with Gasteiger partial charge in [-0.1, -0.05) is 5.57 Å². The van der Waals surface area contributed by atoms with Gasteiger partial charge in [-0.25, -0.2) is 0 Å². The first-order valence-electron chi connectivity index (χ1n) is 5.14. The molecule has 0 aliphatic carbocycles. The van der Waals surface area contributed by atoms with Crippen molar-refractivity contribution in [1.82, 2.24) is 0 Å². The van der Waals surface area contributed by atoms with Crippen LogP contribution >= 0.6 is 0 Å². The van der Waals surface area contributed by atoms with E-state index in [1.807, 2.05) is 0 Å². The zero-order valence-corrected chi connectivity index (χ0v) is 9.42. The highest BCUT2D eigenvalue weighted by atomic mass is 16.4. The van der Waals surface area contributed by atoms with Crippen LogP contribution in [0.2, 0.25) is 0 Å². The first kappa shape index (κ1) is 13.0. The lowest BCUT2D eigenvalue weighted by molar-refractivity contribution is -0.140. The molecule has 0 bridgehead atoms. The van der Waals surface area contributed by atoms with Gasteiger partial charge in [0.25, 0.3) is 0 Å². The highest BCUT2D eigenvalue weighted by Crippen LogP contribution is 2.22. The summed E-state index contributed by atoms with van der Waals surface area (Å²) in [5, 5.41) is 17.5. The summed E-state index contributed by atoms with van der Waals surface area (Å²) in [4.78, 5) is 21.3. The molecule has 0 saturated heterocycles. The van der Waals surface area contributed by atoms with E-state index in [2.05, 4.69) is 0 Å². The van der Waals surface area contributed by atoms with E-state index < -0.39 is 17.9 Å². The lowest BCUT2D eigenvalue weighted by Crippen LogP contribution is -2.13. The summed E-state index contributed by atoms with van der Waals surface area (Å²) in [5.41, 5.74) is 0.685. The van der Waals surface area contributed by atoms with Crippen LogP contribution in [0.5, 0.6) is 0 Å². The summed E-state index contributed by atoms with van der Waals surface area (Å²) in [5.74, 6) is -1.95. The number of carbonyl (C=O) groups is 2. The summed E-state index contributed by atoms with van der Waals surface area (Å²) in [6.07, 6.45) is 2.77. The van der Waals surface area contributed by atoms with Gasteiger partial charge < -0.3 is 14.6 Å². The van der Waals surface area contributed by atoms with Gasteiger partial charge >= 0.3 is 11.9 Å². The maximum Gasteiger partial charge on any atom is 0.303 e. The number of hydrogen-bond donors (Lipinski definition) is 2. The van der Waals surface area contributed by atoms with Gasteiger partial charge in [-0.15, -0.1) is 0 Å². The summed E-state index contributed by atoms with van der Waals surface area (Å²) >= 11 is 0. The van der Waals surface area contributed by atoms with Gasteiger partial charge in [0.1, 0.15) is 5.76 Å². The zero-order chi connectivity index (χ0) is 12.8. The third-order valence-corrected chi connectivity index (χ3v) is 2.40. The summed E-state index contributed by atoms with van der Waals surface area (Å²) in [7, 11) is 0. The number of allylic oxidation sites excluding steroid dienone is 1. The van der Waals surface area contributed by atoms with Crippen molar-refractivity contribution in [2.24, 2.45) is 5.92 Å². The number of rotatable bonds is 6. The maximum atomic E-state index is 10.7. The number of carboxylic acid groups (broad SMARTS) is 2. The van der Waals surface area contributed by atoms with Crippen LogP contribution in [-0.2, 0) is 9.59 Å². The average molecular weight is 238 g/mol. The minimum atomic E-state index is -1.01. The molecule has 0 spiro atoms. The summed E-state index contributed by atoms with van der Waals surface area (Å²) < 4.78 is 5.09. The Balaban J connectivity index is 2.81. The van der Waals surface area contributed by atoms with Crippen LogP contribution in [0, 0.1) is 5.92 Å². The molecule has 5 heteroatoms. The molecule has 17 heavy (non-hydrogen) atoms. The number of furan rings is 1. The standard InChI is InChI=1S/C12H14O5/c1-8(5-10-3-2-4-17-10)9(6-11(13)14)7-12(15)16/h2-5,9H,6-7H2,1H3,(H,13,14)(H,15,16)/b8-5+. The van der Waals surface area contributed by atoms with Crippen molar-refractivity contribution >= 4 is 18.0 Å². The minimum absolute atomic E-state index is 0.199. The zero-order valence-electron chi connectivity index (χ0n) is 9.42. The molecule has 92 valence electrons. The van der Waals surface area contributed by atoms with E-state index in [9.17, 15) is 9.59 Å². The first-order valence-corrected chi connectivity index (χ1v) is 5.14. The van der Waals surface area contributed by atoms with Gasteiger partial charge in [0.2, 0.25) is 0 Å². The predicted molar refractivity (Wildman–Crippen MR) is 60.4 cm³/mol. The van der Waals surface area contributed by atoms with E-state index in [1.54, 1.807) is 25.1 Å². The molecule has 1 rings (SSSR count). The Morgan fingerprint density at radius 2 is 1.94 bits per heavy atom. The summed E-state index contributed by atoms with van der Waals surface area (Å²) in [6, 6.07) is 3.44. The van der Waals surface area contributed by atoms with Crippen molar-refractivity contribution in [3.63, 3.8) is 0 Å². The van der Waals surface area contributed by atoms with Crippen LogP contribution in [-0.4, -0.2) is 22.2 Å². The van der Waals surface area contributed by atoms with Gasteiger partial charge in [-0.05, 0) is 25.1 Å². The molecular formula is C12H14O5. The first-order chi connectivity index (χ1) is 7.99. The Hall–Kier alpha value is -2.04. The van der Waals surface area contributed by atoms with E-state index >= 15 is 0 Å². The van der Waals surface area contributed by atoms with E-state index in [-0.39, 0.29) is 12.8 Å². The van der Waals surface area contributed by atoms with Crippen LogP contribution in [0.4, 0.5) is 0 Å². The van der Waals surface area contributed by atoms with Crippen molar-refractivity contribution < 1.29 is 24.2 Å². The lowest BCUT2D eigenvalue weighted by Gasteiger charge is -2.12. The molecular weight excluding hydrogens is 224 g/mol. The molecule has 0 radical (unpaired) electrons. The Morgan fingerprint density at radius 3 is 2.35 bits per heavy atom. The van der Waals surface area contributed by atoms with Crippen LogP contribution in [0.25, 0.3) is 6.08 Å². The minimum Gasteiger partial charge on any atom is -0.481 e. The molecule has 2 N–H and O–H groups in total. The van der Waals surface area contributed by atoms with Gasteiger partial charge in [0, 0.05) is 5.92 Å². The van der Waals surface area contributed by atoms with Crippen LogP contribution in [0.1, 0.15) is 25.5 Å². The van der Waals surface area contributed by atoms with Gasteiger partial charge in [0.05, 0.1) is 19.1 Å². The van der Waals surface area contributed by atoms with E-state index in [4.69, 9.17) is 14.6 Å². The molecule has 1 aromatic rings. The Kier molecular flexibility index (Phi) is 4.51. The Morgan fingerprint density at radius 1 is 1.35 bits per heavy atom. The second kappa shape index (κ2) is 5.89. The molecule has 0 aliphatic rings. The fraction of sp³-hybridized carbons (Fsp3) is 0.333. The lowest BCUT2D eigenvalue weighted by atomic mass is 9.93. The van der Waals surface area contributed by atoms with Crippen LogP contribution in [0.3, 0.4) is 0 Å². The molecule has 1 heterocycles. The normalized spacial score (nSPS) is 11.8. The molecule has 5 nitrogen and oxygen atoms in total. The molecule has 0 aromatic carbocycles. The molecule has 0 atom stereocenters. The monoisotopic (exact) mass is 238 g/mol. The average Bonchev–Trinajstić information content (AvgIpc) is 2.67. The number of hydrogen-bond acceptors (Lipinski definition) is 3. The van der Waals surface area contributed by atoms with Crippen LogP contribution in [0.15, 0.2) is 28.4 Å². The second-order valence-electron chi connectivity index (χ2n) is 3.80. The largest absolute Gasteiger partial charge is 0.481 e. The molecule has 0 unspecified atom stereocenters. The number of aliphatic carboxylic acids is 2. The SMILES string of the molecule is C/C(=C\c1ccco1)C(CC(=O)O)CC(=O)O. The van der Waals surface area contributed by atoms with E-state index in [0.29, 0.717) is 11.3 Å². The van der Waals surface area contributed by atoms with Crippen molar-refractivity contribution in [1.29, 1.82) is 0 Å². The third-order valence-electron chi connectivity index (χ3n) is 2.40. The van der Waals surface area contributed by atoms with Crippen LogP contribution < -0.4 is 0 Å². The van der Waals surface area contributed by atoms with Gasteiger partial charge in [-0.3, -0.25) is 9.59 Å². The molecule has 0 fully saturated rings. The topological polar surface area (TPSA) is 87.7 Å². The molecule has 0 saturated carbocycles. The maximum absolute atomic E-state index is 10.7. The fourth-order valence-corrected chi connectivity index (χ4v) is 1.53. The predicted octanol–water partition coefficient (Wildman–Crippen LogP) is 2.25. The van der Waals surface area contributed by atoms with E-state index in [1.165, 1.54) is 6.26 Å². The van der Waals surface area contributed by atoms with Crippen molar-refractivity contribution in [2.75, 3.05) is 0 Å². The smallest absolute Gasteiger partial charge is 0.303 e. The van der Waals surface area contributed by atoms with Gasteiger partial charge in [-0.2, -0.15) is 0 Å². The molecule has 1 aromatic heterocycles. The quantitative estimate of drug-likeness (QED) is 0.793. The second-order valence-corrected chi connectivity index (χ2v) is 3.80. The third kappa shape index (κ3) is 4.55. The molecule has 0 aliphatic heterocycles. The fourth-order valence-electron chi connectivity index (χ4n) is 1.53. The number of carboxylic acids is 2. The van der Waals surface area contributed by atoms with Crippen molar-refractivity contribution in [2.45, 2.75) is 19.8 Å². The van der Waals surface area contributed by atoms with Crippen molar-refractivity contribution in [3.8, 4) is 0 Å². The Labute approximate surface area is 98.4 Å². The Bertz CT molecular complexity index is 400. The highest BCUT2D eigenvalue weighted by Gasteiger charge is 2.18. The highest BCUT2D eigenvalue weighted by molar-refractivity contribution is 5.72. The summed E-state index contributed by atoms with van der Waals surface area (Å²) in [6.45, 7) is 1.71. The molecule has 0 amide bonds. The van der Waals surface area contributed by atoms with Crippen molar-refractivity contribution in [3.05, 3.63) is 29.7 Å². The van der Waals surface area contributed by atoms with E-state index in [0.717, 1.165) is 0 Å². The van der Waals surface area contributed by atoms with Gasteiger partial charge in [0.15, 0.2) is 0 Å².